The molecule has 0 heterocycles. The highest BCUT2D eigenvalue weighted by molar-refractivity contribution is 5.66. The number of carbonyl (C=O) groups excluding carboxylic acids is 1. The summed E-state index contributed by atoms with van der Waals surface area (Å²) in [6.07, 6.45) is 4.35. The van der Waals surface area contributed by atoms with E-state index < -0.39 is 0 Å². The molecule has 3 heteroatoms. The summed E-state index contributed by atoms with van der Waals surface area (Å²) < 4.78 is 5.29. The molecule has 0 bridgehead atoms. The molecule has 0 unspecified atom stereocenters. The maximum atomic E-state index is 11.0. The fraction of sp³-hybridized carbons (Fsp3) is 0.588. The van der Waals surface area contributed by atoms with E-state index in [1.807, 2.05) is 0 Å². The molecule has 0 spiro atoms. The minimum Gasteiger partial charge on any atom is -0.463 e. The highest BCUT2D eigenvalue weighted by Gasteiger charge is 2.23. The topological polar surface area (TPSA) is 29.5 Å². The number of ether oxygens (including phenoxy) is 1. The Morgan fingerprint density at radius 2 is 1.75 bits per heavy atom. The molecule has 20 heavy (non-hydrogen) atoms. The van der Waals surface area contributed by atoms with Gasteiger partial charge in [-0.15, -0.1) is 0 Å². The lowest BCUT2D eigenvalue weighted by atomic mass is 9.82. The molecular weight excluding hydrogens is 250 g/mol. The van der Waals surface area contributed by atoms with E-state index in [1.54, 1.807) is 0 Å². The molecule has 1 aromatic rings. The largest absolute Gasteiger partial charge is 0.463 e. The monoisotopic (exact) mass is 275 g/mol. The van der Waals surface area contributed by atoms with Gasteiger partial charge in [-0.2, -0.15) is 0 Å². The van der Waals surface area contributed by atoms with Gasteiger partial charge >= 0.3 is 5.97 Å². The molecule has 0 radical (unpaired) electrons. The highest BCUT2D eigenvalue weighted by atomic mass is 16.5. The lowest BCUT2D eigenvalue weighted by Gasteiger charge is -2.28. The van der Waals surface area contributed by atoms with Crippen LogP contribution < -0.4 is 0 Å². The number of benzene rings is 1. The summed E-state index contributed by atoms with van der Waals surface area (Å²) in [6, 6.07) is 8.98. The van der Waals surface area contributed by atoms with Crippen LogP contribution in [0.15, 0.2) is 24.3 Å². The normalized spacial score (nSPS) is 22.8. The summed E-state index contributed by atoms with van der Waals surface area (Å²) in [5, 5.41) is 0. The number of carbonyl (C=O) groups is 1. The molecule has 0 aromatic heterocycles. The average Bonchev–Trinajstić information content (AvgIpc) is 2.39. The minimum absolute atomic E-state index is 0.136. The Labute approximate surface area is 121 Å². The van der Waals surface area contributed by atoms with Crippen molar-refractivity contribution in [1.29, 1.82) is 0 Å². The van der Waals surface area contributed by atoms with E-state index in [4.69, 9.17) is 4.74 Å². The Balaban J connectivity index is 1.88. The standard InChI is InChI=1S/C17H25NO2/c1-13(19)20-17-10-8-16(9-11-17)15-6-4-14(5-7-15)12-18(2)3/h4-7,16-17H,8-12H2,1-3H3. The summed E-state index contributed by atoms with van der Waals surface area (Å²) >= 11 is 0. The summed E-state index contributed by atoms with van der Waals surface area (Å²) in [5.41, 5.74) is 2.78. The first kappa shape index (κ1) is 15.0. The Morgan fingerprint density at radius 3 is 2.25 bits per heavy atom. The zero-order valence-corrected chi connectivity index (χ0v) is 12.8. The third-order valence-corrected chi connectivity index (χ3v) is 3.96. The summed E-state index contributed by atoms with van der Waals surface area (Å²) in [6.45, 7) is 2.48. The molecule has 0 amide bonds. The number of rotatable bonds is 4. The molecular formula is C17H25NO2. The van der Waals surface area contributed by atoms with Crippen LogP contribution in [0.2, 0.25) is 0 Å². The van der Waals surface area contributed by atoms with Crippen LogP contribution >= 0.6 is 0 Å². The predicted molar refractivity (Wildman–Crippen MR) is 80.6 cm³/mol. The summed E-state index contributed by atoms with van der Waals surface area (Å²) in [7, 11) is 4.18. The van der Waals surface area contributed by atoms with Gasteiger partial charge in [-0.05, 0) is 56.8 Å². The Kier molecular flexibility index (Phi) is 5.18. The fourth-order valence-corrected chi connectivity index (χ4v) is 3.01. The lowest BCUT2D eigenvalue weighted by molar-refractivity contribution is -0.147. The van der Waals surface area contributed by atoms with Crippen LogP contribution in [-0.4, -0.2) is 31.1 Å². The van der Waals surface area contributed by atoms with Crippen molar-refractivity contribution in [2.45, 2.75) is 51.2 Å². The van der Waals surface area contributed by atoms with Gasteiger partial charge in [0.15, 0.2) is 0 Å². The fourth-order valence-electron chi connectivity index (χ4n) is 3.01. The quantitative estimate of drug-likeness (QED) is 0.789. The van der Waals surface area contributed by atoms with Crippen LogP contribution in [0, 0.1) is 0 Å². The van der Waals surface area contributed by atoms with Crippen LogP contribution in [0.3, 0.4) is 0 Å². The SMILES string of the molecule is CC(=O)OC1CCC(c2ccc(CN(C)C)cc2)CC1. The van der Waals surface area contributed by atoms with E-state index in [-0.39, 0.29) is 12.1 Å². The number of hydrogen-bond acceptors (Lipinski definition) is 3. The first-order valence-corrected chi connectivity index (χ1v) is 7.45. The first-order chi connectivity index (χ1) is 9.54. The zero-order valence-electron chi connectivity index (χ0n) is 12.8. The van der Waals surface area contributed by atoms with Gasteiger partial charge < -0.3 is 9.64 Å². The van der Waals surface area contributed by atoms with Gasteiger partial charge in [-0.25, -0.2) is 0 Å². The molecule has 1 saturated carbocycles. The molecule has 3 nitrogen and oxygen atoms in total. The molecule has 1 fully saturated rings. The van der Waals surface area contributed by atoms with Crippen molar-refractivity contribution in [2.24, 2.45) is 0 Å². The van der Waals surface area contributed by atoms with Crippen LogP contribution in [0.4, 0.5) is 0 Å². The van der Waals surface area contributed by atoms with Crippen molar-refractivity contribution in [1.82, 2.24) is 4.90 Å². The third kappa shape index (κ3) is 4.34. The molecule has 0 saturated heterocycles. The maximum absolute atomic E-state index is 11.0. The van der Waals surface area contributed by atoms with Crippen molar-refractivity contribution in [3.05, 3.63) is 35.4 Å². The number of nitrogens with zero attached hydrogens (tertiary/aromatic N) is 1. The van der Waals surface area contributed by atoms with E-state index in [0.29, 0.717) is 5.92 Å². The van der Waals surface area contributed by atoms with E-state index >= 15 is 0 Å². The van der Waals surface area contributed by atoms with Crippen LogP contribution in [0.5, 0.6) is 0 Å². The van der Waals surface area contributed by atoms with E-state index in [1.165, 1.54) is 18.1 Å². The second-order valence-electron chi connectivity index (χ2n) is 6.06. The van der Waals surface area contributed by atoms with Crippen molar-refractivity contribution < 1.29 is 9.53 Å². The molecule has 0 N–H and O–H groups in total. The molecule has 1 aliphatic carbocycles. The van der Waals surface area contributed by atoms with Gasteiger partial charge in [0, 0.05) is 13.5 Å². The zero-order chi connectivity index (χ0) is 14.5. The van der Waals surface area contributed by atoms with Crippen molar-refractivity contribution in [3.8, 4) is 0 Å². The van der Waals surface area contributed by atoms with Crippen molar-refractivity contribution >= 4 is 5.97 Å². The molecule has 0 atom stereocenters. The molecule has 1 aromatic carbocycles. The molecule has 0 aliphatic heterocycles. The van der Waals surface area contributed by atoms with Crippen molar-refractivity contribution in [3.63, 3.8) is 0 Å². The van der Waals surface area contributed by atoms with Crippen LogP contribution in [-0.2, 0) is 16.1 Å². The smallest absolute Gasteiger partial charge is 0.302 e. The Bertz CT molecular complexity index is 431. The van der Waals surface area contributed by atoms with Gasteiger partial charge in [0.2, 0.25) is 0 Å². The van der Waals surface area contributed by atoms with E-state index in [9.17, 15) is 4.79 Å². The number of esters is 1. The van der Waals surface area contributed by atoms with Gasteiger partial charge in [-0.1, -0.05) is 24.3 Å². The highest BCUT2D eigenvalue weighted by Crippen LogP contribution is 2.34. The third-order valence-electron chi connectivity index (χ3n) is 3.96. The first-order valence-electron chi connectivity index (χ1n) is 7.45. The second kappa shape index (κ2) is 6.89. The minimum atomic E-state index is -0.151. The van der Waals surface area contributed by atoms with Gasteiger partial charge in [-0.3, -0.25) is 4.79 Å². The maximum Gasteiger partial charge on any atom is 0.302 e. The summed E-state index contributed by atoms with van der Waals surface area (Å²) in [5.74, 6) is 0.469. The van der Waals surface area contributed by atoms with Crippen LogP contribution in [0.25, 0.3) is 0 Å². The van der Waals surface area contributed by atoms with E-state index in [2.05, 4.69) is 43.3 Å². The van der Waals surface area contributed by atoms with Gasteiger partial charge in [0.25, 0.3) is 0 Å². The summed E-state index contributed by atoms with van der Waals surface area (Å²) in [4.78, 5) is 13.1. The van der Waals surface area contributed by atoms with Gasteiger partial charge in [0.1, 0.15) is 6.10 Å². The average molecular weight is 275 g/mol. The van der Waals surface area contributed by atoms with Crippen molar-refractivity contribution in [2.75, 3.05) is 14.1 Å². The lowest BCUT2D eigenvalue weighted by Crippen LogP contribution is -2.22. The number of hydrogen-bond donors (Lipinski definition) is 0. The second-order valence-corrected chi connectivity index (χ2v) is 6.06. The Morgan fingerprint density at radius 1 is 1.15 bits per heavy atom. The molecule has 110 valence electrons. The molecule has 2 rings (SSSR count). The van der Waals surface area contributed by atoms with Crippen LogP contribution in [0.1, 0.15) is 49.7 Å². The molecule has 1 aliphatic rings. The van der Waals surface area contributed by atoms with E-state index in [0.717, 1.165) is 32.2 Å². The Hall–Kier alpha value is -1.35. The van der Waals surface area contributed by atoms with Gasteiger partial charge in [0.05, 0.1) is 0 Å². The predicted octanol–water partition coefficient (Wildman–Crippen LogP) is 3.34.